The maximum absolute atomic E-state index is 2.44. The molecule has 0 bridgehead atoms. The van der Waals surface area contributed by atoms with Crippen LogP contribution in [0.4, 0.5) is 0 Å². The normalized spacial score (nSPS) is 15.0. The topological polar surface area (TPSA) is 0 Å². The second kappa shape index (κ2) is 9.03. The van der Waals surface area contributed by atoms with Crippen molar-refractivity contribution in [1.29, 1.82) is 0 Å². The van der Waals surface area contributed by atoms with Crippen molar-refractivity contribution in [3.8, 4) is 11.1 Å². The Kier molecular flexibility index (Phi) is 5.36. The van der Waals surface area contributed by atoms with Gasteiger partial charge in [0.05, 0.1) is 5.41 Å². The molecule has 6 aromatic carbocycles. The van der Waals surface area contributed by atoms with Gasteiger partial charge in [-0.2, -0.15) is 0 Å². The Morgan fingerprint density at radius 2 is 0.976 bits per heavy atom. The summed E-state index contributed by atoms with van der Waals surface area (Å²) in [5.74, 6) is 0. The Bertz CT molecular complexity index is 2030. The second-order valence-electron chi connectivity index (χ2n) is 11.7. The van der Waals surface area contributed by atoms with Gasteiger partial charge in [-0.05, 0) is 56.6 Å². The van der Waals surface area contributed by atoms with E-state index in [0.717, 1.165) is 0 Å². The molecule has 41 heavy (non-hydrogen) atoms. The van der Waals surface area contributed by atoms with Crippen LogP contribution in [-0.2, 0) is 10.8 Å². The van der Waals surface area contributed by atoms with Gasteiger partial charge in [0.1, 0.15) is 0 Å². The lowest BCUT2D eigenvalue weighted by Gasteiger charge is -2.48. The van der Waals surface area contributed by atoms with Crippen LogP contribution in [0.3, 0.4) is 0 Å². The molecule has 196 valence electrons. The van der Waals surface area contributed by atoms with Crippen molar-refractivity contribution >= 4 is 31.5 Å². The largest absolute Gasteiger partial charge is 0.135 e. The van der Waals surface area contributed by atoms with Gasteiger partial charge in [-0.25, -0.2) is 0 Å². The summed E-state index contributed by atoms with van der Waals surface area (Å²) < 4.78 is 2.70. The maximum Gasteiger partial charge on any atom is 0.0721 e. The average Bonchev–Trinajstić information content (AvgIpc) is 3.42. The quantitative estimate of drug-likeness (QED) is 0.208. The zero-order valence-electron chi connectivity index (χ0n) is 23.3. The van der Waals surface area contributed by atoms with Gasteiger partial charge in [0.15, 0.2) is 0 Å². The molecule has 0 spiro atoms. The molecule has 0 unspecified atom stereocenters. The molecule has 0 nitrogen and oxygen atoms in total. The van der Waals surface area contributed by atoms with E-state index in [4.69, 9.17) is 0 Å². The molecule has 0 aliphatic heterocycles. The molecule has 1 heterocycles. The van der Waals surface area contributed by atoms with Crippen LogP contribution < -0.4 is 0 Å². The standard InChI is InChI=1S/C40H30S/c1-39(2)32-20-7-9-22-34(32)40(35-23-10-8-21-33(35)39,29-17-12-16-28(26-29)27-14-4-3-5-15-27)36-24-13-19-31-30-18-6-11-25-37(30)41-38(31)36/h3-26H,1-2H3. The van der Waals surface area contributed by atoms with E-state index in [2.05, 4.69) is 159 Å². The zero-order valence-corrected chi connectivity index (χ0v) is 24.1. The highest BCUT2D eigenvalue weighted by Gasteiger charge is 2.49. The summed E-state index contributed by atoms with van der Waals surface area (Å²) in [6, 6.07) is 54.2. The van der Waals surface area contributed by atoms with Crippen molar-refractivity contribution in [3.63, 3.8) is 0 Å². The minimum atomic E-state index is -0.478. The van der Waals surface area contributed by atoms with E-state index in [1.165, 1.54) is 64.7 Å². The lowest BCUT2D eigenvalue weighted by molar-refractivity contribution is 0.560. The highest BCUT2D eigenvalue weighted by molar-refractivity contribution is 7.26. The first kappa shape index (κ1) is 24.3. The first-order valence-electron chi connectivity index (χ1n) is 14.4. The number of hydrogen-bond donors (Lipinski definition) is 0. The van der Waals surface area contributed by atoms with E-state index in [-0.39, 0.29) is 5.41 Å². The predicted molar refractivity (Wildman–Crippen MR) is 175 cm³/mol. The first-order valence-corrected chi connectivity index (χ1v) is 15.2. The molecular formula is C40H30S. The summed E-state index contributed by atoms with van der Waals surface area (Å²) in [5.41, 5.74) is 10.1. The third-order valence-electron chi connectivity index (χ3n) is 9.22. The van der Waals surface area contributed by atoms with E-state index in [9.17, 15) is 0 Å². The zero-order chi connectivity index (χ0) is 27.6. The SMILES string of the molecule is CC1(C)c2ccccc2C(c2cccc(-c3ccccc3)c2)(c2cccc3c2sc2ccccc23)c2ccccc21. The fourth-order valence-electron chi connectivity index (χ4n) is 7.36. The fourth-order valence-corrected chi connectivity index (χ4v) is 8.64. The van der Waals surface area contributed by atoms with E-state index in [1.54, 1.807) is 0 Å². The van der Waals surface area contributed by atoms with Gasteiger partial charge in [-0.1, -0.05) is 147 Å². The van der Waals surface area contributed by atoms with Gasteiger partial charge in [-0.15, -0.1) is 11.3 Å². The first-order chi connectivity index (χ1) is 20.1. The molecular weight excluding hydrogens is 513 g/mol. The van der Waals surface area contributed by atoms with Crippen molar-refractivity contribution in [2.24, 2.45) is 0 Å². The summed E-state index contributed by atoms with van der Waals surface area (Å²) >= 11 is 1.92. The average molecular weight is 543 g/mol. The van der Waals surface area contributed by atoms with Crippen LogP contribution in [-0.4, -0.2) is 0 Å². The molecule has 1 aromatic heterocycles. The van der Waals surface area contributed by atoms with E-state index < -0.39 is 5.41 Å². The molecule has 0 amide bonds. The Labute approximate surface area is 245 Å². The van der Waals surface area contributed by atoms with Crippen LogP contribution in [0.2, 0.25) is 0 Å². The lowest BCUT2D eigenvalue weighted by Crippen LogP contribution is -2.41. The molecule has 7 aromatic rings. The molecule has 1 aliphatic carbocycles. The molecule has 0 atom stereocenters. The maximum atomic E-state index is 2.44. The molecule has 1 heteroatoms. The lowest BCUT2D eigenvalue weighted by atomic mass is 9.54. The number of fused-ring (bicyclic) bond motifs is 5. The Morgan fingerprint density at radius 3 is 1.71 bits per heavy atom. The van der Waals surface area contributed by atoms with Crippen molar-refractivity contribution in [3.05, 3.63) is 179 Å². The molecule has 0 saturated heterocycles. The van der Waals surface area contributed by atoms with Crippen LogP contribution in [0.5, 0.6) is 0 Å². The van der Waals surface area contributed by atoms with Gasteiger partial charge >= 0.3 is 0 Å². The fraction of sp³-hybridized carbons (Fsp3) is 0.100. The Hall–Kier alpha value is -4.46. The Morgan fingerprint density at radius 1 is 0.439 bits per heavy atom. The van der Waals surface area contributed by atoms with Gasteiger partial charge in [0.2, 0.25) is 0 Å². The number of rotatable bonds is 3. The molecule has 8 rings (SSSR count). The summed E-state index contributed by atoms with van der Waals surface area (Å²) in [5, 5.41) is 2.67. The third kappa shape index (κ3) is 3.39. The molecule has 0 saturated carbocycles. The molecule has 0 fully saturated rings. The number of benzene rings is 6. The molecule has 1 aliphatic rings. The highest BCUT2D eigenvalue weighted by atomic mass is 32.1. The molecule has 0 N–H and O–H groups in total. The van der Waals surface area contributed by atoms with Crippen molar-refractivity contribution in [2.45, 2.75) is 24.7 Å². The van der Waals surface area contributed by atoms with Crippen LogP contribution in [0.25, 0.3) is 31.3 Å². The van der Waals surface area contributed by atoms with Gasteiger partial charge in [-0.3, -0.25) is 0 Å². The smallest absolute Gasteiger partial charge is 0.0721 e. The van der Waals surface area contributed by atoms with E-state index >= 15 is 0 Å². The van der Waals surface area contributed by atoms with Gasteiger partial charge in [0, 0.05) is 25.6 Å². The van der Waals surface area contributed by atoms with Crippen LogP contribution >= 0.6 is 11.3 Å². The van der Waals surface area contributed by atoms with E-state index in [1.807, 2.05) is 11.3 Å². The minimum absolute atomic E-state index is 0.123. The highest BCUT2D eigenvalue weighted by Crippen LogP contribution is 2.58. The predicted octanol–water partition coefficient (Wildman–Crippen LogP) is 10.7. The van der Waals surface area contributed by atoms with Gasteiger partial charge in [0.25, 0.3) is 0 Å². The minimum Gasteiger partial charge on any atom is -0.135 e. The Balaban J connectivity index is 1.58. The van der Waals surface area contributed by atoms with Crippen molar-refractivity contribution < 1.29 is 0 Å². The summed E-state index contributed by atoms with van der Waals surface area (Å²) in [6.45, 7) is 4.77. The summed E-state index contributed by atoms with van der Waals surface area (Å²) in [7, 11) is 0. The molecule has 0 radical (unpaired) electrons. The second-order valence-corrected chi connectivity index (χ2v) is 12.7. The van der Waals surface area contributed by atoms with E-state index in [0.29, 0.717) is 0 Å². The van der Waals surface area contributed by atoms with Gasteiger partial charge < -0.3 is 0 Å². The van der Waals surface area contributed by atoms with Crippen LogP contribution in [0, 0.1) is 0 Å². The van der Waals surface area contributed by atoms with Crippen LogP contribution in [0.1, 0.15) is 47.2 Å². The van der Waals surface area contributed by atoms with Crippen LogP contribution in [0.15, 0.2) is 146 Å². The third-order valence-corrected chi connectivity index (χ3v) is 10.4. The van der Waals surface area contributed by atoms with Crippen molar-refractivity contribution in [1.82, 2.24) is 0 Å². The summed E-state index contributed by atoms with van der Waals surface area (Å²) in [6.07, 6.45) is 0. The van der Waals surface area contributed by atoms with Crippen molar-refractivity contribution in [2.75, 3.05) is 0 Å². The monoisotopic (exact) mass is 542 g/mol. The summed E-state index contributed by atoms with van der Waals surface area (Å²) in [4.78, 5) is 0. The number of thiophene rings is 1. The number of hydrogen-bond acceptors (Lipinski definition) is 1.